The van der Waals surface area contributed by atoms with Crippen molar-refractivity contribution >= 4 is 23.4 Å². The van der Waals surface area contributed by atoms with Gasteiger partial charge >= 0.3 is 0 Å². The van der Waals surface area contributed by atoms with E-state index in [2.05, 4.69) is 25.4 Å². The summed E-state index contributed by atoms with van der Waals surface area (Å²) in [5.74, 6) is 2.03. The zero-order valence-corrected chi connectivity index (χ0v) is 19.4. The number of amides is 1. The molecule has 2 aromatic carbocycles. The highest BCUT2D eigenvalue weighted by Gasteiger charge is 2.37. The van der Waals surface area contributed by atoms with Crippen LogP contribution in [0.15, 0.2) is 65.2 Å². The van der Waals surface area contributed by atoms with Gasteiger partial charge in [0.15, 0.2) is 0 Å². The van der Waals surface area contributed by atoms with E-state index in [1.165, 1.54) is 0 Å². The Morgan fingerprint density at radius 2 is 1.86 bits per heavy atom. The molecule has 9 heteroatoms. The van der Waals surface area contributed by atoms with Crippen LogP contribution in [0, 0.1) is 0 Å². The third kappa shape index (κ3) is 3.88. The molecule has 0 saturated carbocycles. The van der Waals surface area contributed by atoms with Gasteiger partial charge in [0, 0.05) is 48.7 Å². The topological polar surface area (TPSA) is 100 Å². The summed E-state index contributed by atoms with van der Waals surface area (Å²) in [6.07, 6.45) is 3.72. The Labute approximate surface area is 202 Å². The van der Waals surface area contributed by atoms with E-state index in [-0.39, 0.29) is 11.9 Å². The van der Waals surface area contributed by atoms with E-state index in [4.69, 9.17) is 9.40 Å². The molecule has 1 amide bonds. The van der Waals surface area contributed by atoms with E-state index in [9.17, 15) is 4.79 Å². The van der Waals surface area contributed by atoms with Crippen molar-refractivity contribution in [2.45, 2.75) is 25.8 Å². The summed E-state index contributed by atoms with van der Waals surface area (Å²) >= 11 is 0. The van der Waals surface area contributed by atoms with Gasteiger partial charge in [0.05, 0.1) is 0 Å². The molecule has 1 saturated heterocycles. The maximum atomic E-state index is 13.7. The lowest BCUT2D eigenvalue weighted by atomic mass is 10.1. The maximum absolute atomic E-state index is 13.7. The smallest absolute Gasteiger partial charge is 0.263 e. The number of fused-ring (bicyclic) bond motifs is 3. The number of carbonyl (C=O) groups excluding carboxylic acids is 1. The summed E-state index contributed by atoms with van der Waals surface area (Å²) in [7, 11) is 0. The molecular formula is C26H25N7O2. The summed E-state index contributed by atoms with van der Waals surface area (Å²) in [6, 6.07) is 17.5. The zero-order chi connectivity index (χ0) is 23.8. The average Bonchev–Trinajstić information content (AvgIpc) is 3.56. The Hall–Kier alpha value is -4.27. The van der Waals surface area contributed by atoms with Crippen molar-refractivity contribution in [2.24, 2.45) is 0 Å². The van der Waals surface area contributed by atoms with Crippen molar-refractivity contribution in [1.82, 2.24) is 20.2 Å². The molecule has 2 aromatic heterocycles. The number of aromatic nitrogens is 4. The van der Waals surface area contributed by atoms with Crippen LogP contribution in [-0.2, 0) is 0 Å². The lowest BCUT2D eigenvalue weighted by Crippen LogP contribution is -2.39. The maximum Gasteiger partial charge on any atom is 0.263 e. The first kappa shape index (κ1) is 21.3. The van der Waals surface area contributed by atoms with E-state index in [0.717, 1.165) is 42.7 Å². The Morgan fingerprint density at radius 1 is 1.06 bits per heavy atom. The first-order valence-corrected chi connectivity index (χ1v) is 11.9. The molecule has 35 heavy (non-hydrogen) atoms. The van der Waals surface area contributed by atoms with Gasteiger partial charge in [-0.2, -0.15) is 4.98 Å². The number of anilines is 3. The number of hydrogen-bond acceptors (Lipinski definition) is 8. The molecule has 4 heterocycles. The Morgan fingerprint density at radius 3 is 2.69 bits per heavy atom. The summed E-state index contributed by atoms with van der Waals surface area (Å²) in [4.78, 5) is 26.9. The van der Waals surface area contributed by atoms with Gasteiger partial charge in [0.2, 0.25) is 17.7 Å². The minimum absolute atomic E-state index is 0.106. The summed E-state index contributed by atoms with van der Waals surface area (Å²) in [5, 5.41) is 11.6. The third-order valence-corrected chi connectivity index (χ3v) is 6.47. The first-order valence-electron chi connectivity index (χ1n) is 11.9. The van der Waals surface area contributed by atoms with Crippen LogP contribution in [0.5, 0.6) is 0 Å². The van der Waals surface area contributed by atoms with Gasteiger partial charge in [0.1, 0.15) is 11.4 Å². The van der Waals surface area contributed by atoms with Crippen molar-refractivity contribution in [3.8, 4) is 22.9 Å². The quantitative estimate of drug-likeness (QED) is 0.465. The summed E-state index contributed by atoms with van der Waals surface area (Å²) < 4.78 is 5.95. The molecule has 0 unspecified atom stereocenters. The monoisotopic (exact) mass is 467 g/mol. The van der Waals surface area contributed by atoms with Gasteiger partial charge < -0.3 is 19.5 Å². The van der Waals surface area contributed by atoms with Gasteiger partial charge in [-0.3, -0.25) is 4.79 Å². The molecule has 2 aliphatic heterocycles. The van der Waals surface area contributed by atoms with Crippen LogP contribution in [0.4, 0.5) is 17.5 Å². The molecule has 0 aliphatic carbocycles. The van der Waals surface area contributed by atoms with E-state index < -0.39 is 0 Å². The number of nitrogens with zero attached hydrogens (tertiary/aromatic N) is 6. The SMILES string of the molecule is CCNc1ncc2c(n1)N1CCC[C@H]1CN(c1cccc(-c3nnc(-c4ccccc4)o3)c1)C2=O. The number of benzene rings is 2. The molecule has 1 atom stereocenters. The first-order chi connectivity index (χ1) is 17.2. The molecule has 176 valence electrons. The highest BCUT2D eigenvalue weighted by molar-refractivity contribution is 6.10. The van der Waals surface area contributed by atoms with Crippen LogP contribution >= 0.6 is 0 Å². The van der Waals surface area contributed by atoms with Crippen molar-refractivity contribution in [3.05, 3.63) is 66.4 Å². The lowest BCUT2D eigenvalue weighted by molar-refractivity contribution is 0.0988. The van der Waals surface area contributed by atoms with Crippen LogP contribution in [-0.4, -0.2) is 51.7 Å². The average molecular weight is 468 g/mol. The van der Waals surface area contributed by atoms with E-state index in [1.54, 1.807) is 6.20 Å². The fourth-order valence-corrected chi connectivity index (χ4v) is 4.80. The number of carbonyl (C=O) groups is 1. The van der Waals surface area contributed by atoms with E-state index in [1.807, 2.05) is 66.4 Å². The van der Waals surface area contributed by atoms with E-state index in [0.29, 0.717) is 35.7 Å². The minimum Gasteiger partial charge on any atom is -0.416 e. The zero-order valence-electron chi connectivity index (χ0n) is 19.4. The number of rotatable bonds is 5. The Kier molecular flexibility index (Phi) is 5.36. The number of nitrogens with one attached hydrogen (secondary N) is 1. The molecule has 0 spiro atoms. The molecule has 1 N–H and O–H groups in total. The van der Waals surface area contributed by atoms with Gasteiger partial charge in [-0.1, -0.05) is 24.3 Å². The molecule has 2 aliphatic rings. The normalized spacial score (nSPS) is 17.2. The Bertz CT molecular complexity index is 1370. The third-order valence-electron chi connectivity index (χ3n) is 6.47. The van der Waals surface area contributed by atoms with Crippen molar-refractivity contribution in [1.29, 1.82) is 0 Å². The van der Waals surface area contributed by atoms with Crippen LogP contribution in [0.2, 0.25) is 0 Å². The summed E-state index contributed by atoms with van der Waals surface area (Å²) in [6.45, 7) is 4.18. The van der Waals surface area contributed by atoms with Crippen LogP contribution in [0.25, 0.3) is 22.9 Å². The van der Waals surface area contributed by atoms with Crippen LogP contribution in [0.1, 0.15) is 30.1 Å². The molecule has 1 fully saturated rings. The van der Waals surface area contributed by atoms with E-state index >= 15 is 0 Å². The Balaban J connectivity index is 1.36. The lowest BCUT2D eigenvalue weighted by Gasteiger charge is -2.27. The van der Waals surface area contributed by atoms with Gasteiger partial charge in [0.25, 0.3) is 5.91 Å². The standard InChI is InChI=1S/C26H25N7O2/c1-2-27-26-28-15-21-22(29-26)32-13-7-12-20(32)16-33(25(21)34)19-11-6-10-18(14-19)24-31-30-23(35-24)17-8-4-3-5-9-17/h3-6,8-11,14-15,20H,2,7,12-13,16H2,1H3,(H,27,28,29)/t20-/m0/s1. The molecular weight excluding hydrogens is 442 g/mol. The highest BCUT2D eigenvalue weighted by atomic mass is 16.4. The molecule has 4 aromatic rings. The predicted octanol–water partition coefficient (Wildman–Crippen LogP) is 4.25. The molecule has 9 nitrogen and oxygen atoms in total. The molecule has 0 radical (unpaired) electrons. The predicted molar refractivity (Wildman–Crippen MR) is 133 cm³/mol. The summed E-state index contributed by atoms with van der Waals surface area (Å²) in [5.41, 5.74) is 2.92. The van der Waals surface area contributed by atoms with Gasteiger partial charge in [-0.05, 0) is 50.1 Å². The minimum atomic E-state index is -0.106. The fraction of sp³-hybridized carbons (Fsp3) is 0.269. The van der Waals surface area contributed by atoms with Crippen molar-refractivity contribution < 1.29 is 9.21 Å². The van der Waals surface area contributed by atoms with Crippen LogP contribution in [0.3, 0.4) is 0 Å². The number of hydrogen-bond donors (Lipinski definition) is 1. The largest absolute Gasteiger partial charge is 0.416 e. The second-order valence-corrected chi connectivity index (χ2v) is 8.70. The molecule has 6 rings (SSSR count). The second-order valence-electron chi connectivity index (χ2n) is 8.70. The van der Waals surface area contributed by atoms with Crippen LogP contribution < -0.4 is 15.1 Å². The fourth-order valence-electron chi connectivity index (χ4n) is 4.80. The molecule has 0 bridgehead atoms. The van der Waals surface area contributed by atoms with Gasteiger partial charge in [-0.15, -0.1) is 10.2 Å². The highest BCUT2D eigenvalue weighted by Crippen LogP contribution is 2.35. The van der Waals surface area contributed by atoms with Gasteiger partial charge in [-0.25, -0.2) is 4.98 Å². The van der Waals surface area contributed by atoms with Crippen molar-refractivity contribution in [2.75, 3.05) is 34.8 Å². The second kappa shape index (κ2) is 8.83. The van der Waals surface area contributed by atoms with Crippen molar-refractivity contribution in [3.63, 3.8) is 0 Å².